The summed E-state index contributed by atoms with van der Waals surface area (Å²) in [6.45, 7) is 3.67. The van der Waals surface area contributed by atoms with Crippen LogP contribution in [0.4, 0.5) is 5.82 Å². The van der Waals surface area contributed by atoms with Crippen molar-refractivity contribution in [2.45, 2.75) is 13.5 Å². The molecule has 19 heavy (non-hydrogen) atoms. The van der Waals surface area contributed by atoms with Crippen LogP contribution in [-0.4, -0.2) is 32.2 Å². The van der Waals surface area contributed by atoms with Crippen LogP contribution >= 0.6 is 0 Å². The van der Waals surface area contributed by atoms with Gasteiger partial charge in [-0.05, 0) is 18.1 Å². The highest BCUT2D eigenvalue weighted by atomic mass is 16.4. The van der Waals surface area contributed by atoms with Crippen LogP contribution < -0.4 is 5.32 Å². The number of aromatic carboxylic acids is 1. The van der Waals surface area contributed by atoms with E-state index in [0.717, 1.165) is 6.54 Å². The molecule has 2 N–H and O–H groups in total. The number of hydrogen-bond acceptors (Lipinski definition) is 4. The Morgan fingerprint density at radius 3 is 3.05 bits per heavy atom. The minimum Gasteiger partial charge on any atom is -0.477 e. The first-order chi connectivity index (χ1) is 9.15. The van der Waals surface area contributed by atoms with Gasteiger partial charge in [-0.3, -0.25) is 0 Å². The van der Waals surface area contributed by atoms with Gasteiger partial charge in [-0.1, -0.05) is 13.0 Å². The van der Waals surface area contributed by atoms with Crippen LogP contribution in [0.2, 0.25) is 0 Å². The molecule has 0 aliphatic rings. The number of nitrogens with one attached hydrogen (secondary N) is 1. The van der Waals surface area contributed by atoms with Crippen LogP contribution in [0.5, 0.6) is 0 Å². The molecule has 0 aliphatic heterocycles. The third-order valence-corrected chi connectivity index (χ3v) is 2.68. The molecule has 0 amide bonds. The number of imidazole rings is 1. The fraction of sp³-hybridized carbons (Fsp3) is 0.308. The third-order valence-electron chi connectivity index (χ3n) is 2.68. The SMILES string of the molecule is CC(CNc1cccc(C(=O)O)n1)Cn1ccnc1. The van der Waals surface area contributed by atoms with E-state index in [4.69, 9.17) is 5.11 Å². The van der Waals surface area contributed by atoms with E-state index in [2.05, 4.69) is 22.2 Å². The van der Waals surface area contributed by atoms with E-state index in [1.165, 1.54) is 6.07 Å². The Morgan fingerprint density at radius 1 is 1.53 bits per heavy atom. The highest BCUT2D eigenvalue weighted by molar-refractivity contribution is 5.85. The van der Waals surface area contributed by atoms with Crippen molar-refractivity contribution < 1.29 is 9.90 Å². The summed E-state index contributed by atoms with van der Waals surface area (Å²) >= 11 is 0. The van der Waals surface area contributed by atoms with E-state index in [0.29, 0.717) is 18.3 Å². The smallest absolute Gasteiger partial charge is 0.354 e. The summed E-state index contributed by atoms with van der Waals surface area (Å²) in [7, 11) is 0. The molecule has 0 bridgehead atoms. The van der Waals surface area contributed by atoms with Gasteiger partial charge < -0.3 is 15.0 Å². The molecule has 0 radical (unpaired) electrons. The van der Waals surface area contributed by atoms with Crippen LogP contribution in [-0.2, 0) is 6.54 Å². The minimum absolute atomic E-state index is 0.0484. The van der Waals surface area contributed by atoms with Crippen molar-refractivity contribution in [2.75, 3.05) is 11.9 Å². The number of nitrogens with zero attached hydrogens (tertiary/aromatic N) is 3. The van der Waals surface area contributed by atoms with Gasteiger partial charge in [0.2, 0.25) is 0 Å². The number of carbonyl (C=O) groups is 1. The molecule has 0 aliphatic carbocycles. The number of aromatic nitrogens is 3. The van der Waals surface area contributed by atoms with E-state index < -0.39 is 5.97 Å². The van der Waals surface area contributed by atoms with Crippen molar-refractivity contribution in [3.8, 4) is 0 Å². The summed E-state index contributed by atoms with van der Waals surface area (Å²) < 4.78 is 2.01. The average Bonchev–Trinajstić information content (AvgIpc) is 2.89. The number of pyridine rings is 1. The molecule has 6 nitrogen and oxygen atoms in total. The lowest BCUT2D eigenvalue weighted by molar-refractivity contribution is 0.0690. The van der Waals surface area contributed by atoms with Gasteiger partial charge in [0.1, 0.15) is 5.82 Å². The maximum atomic E-state index is 10.8. The van der Waals surface area contributed by atoms with E-state index in [1.54, 1.807) is 24.7 Å². The molecule has 0 saturated heterocycles. The zero-order valence-electron chi connectivity index (χ0n) is 10.7. The maximum Gasteiger partial charge on any atom is 0.354 e. The second-order valence-corrected chi connectivity index (χ2v) is 4.46. The molecular formula is C13H16N4O2. The molecule has 1 atom stereocenters. The quantitative estimate of drug-likeness (QED) is 0.826. The third kappa shape index (κ3) is 3.80. The van der Waals surface area contributed by atoms with Crippen LogP contribution in [0.15, 0.2) is 36.9 Å². The predicted octanol–water partition coefficient (Wildman–Crippen LogP) is 1.72. The molecule has 2 heterocycles. The zero-order valence-corrected chi connectivity index (χ0v) is 10.7. The number of anilines is 1. The fourth-order valence-electron chi connectivity index (χ4n) is 1.75. The van der Waals surface area contributed by atoms with Crippen LogP contribution in [0, 0.1) is 5.92 Å². The monoisotopic (exact) mass is 260 g/mol. The summed E-state index contributed by atoms with van der Waals surface area (Å²) in [4.78, 5) is 18.8. The average molecular weight is 260 g/mol. The van der Waals surface area contributed by atoms with Gasteiger partial charge in [0, 0.05) is 25.5 Å². The molecule has 0 saturated carbocycles. The second-order valence-electron chi connectivity index (χ2n) is 4.46. The fourth-order valence-corrected chi connectivity index (χ4v) is 1.75. The van der Waals surface area contributed by atoms with Gasteiger partial charge >= 0.3 is 5.97 Å². The Balaban J connectivity index is 1.88. The molecule has 1 unspecified atom stereocenters. The second kappa shape index (κ2) is 5.99. The number of carboxylic acids is 1. The van der Waals surface area contributed by atoms with Crippen molar-refractivity contribution >= 4 is 11.8 Å². The van der Waals surface area contributed by atoms with Crippen molar-refractivity contribution in [3.05, 3.63) is 42.6 Å². The lowest BCUT2D eigenvalue weighted by Gasteiger charge is -2.13. The molecular weight excluding hydrogens is 244 g/mol. The Kier molecular flexibility index (Phi) is 4.12. The predicted molar refractivity (Wildman–Crippen MR) is 71.1 cm³/mol. The van der Waals surface area contributed by atoms with E-state index in [9.17, 15) is 4.79 Å². The van der Waals surface area contributed by atoms with E-state index >= 15 is 0 Å². The number of rotatable bonds is 6. The standard InChI is InChI=1S/C13H16N4O2/c1-10(8-17-6-5-14-9-17)7-15-12-4-2-3-11(16-12)13(18)19/h2-6,9-10H,7-8H2,1H3,(H,15,16)(H,18,19). The molecule has 0 fully saturated rings. The molecule has 100 valence electrons. The summed E-state index contributed by atoms with van der Waals surface area (Å²) in [5, 5.41) is 12.0. The topological polar surface area (TPSA) is 80.0 Å². The Labute approximate surface area is 111 Å². The lowest BCUT2D eigenvalue weighted by atomic mass is 10.2. The maximum absolute atomic E-state index is 10.8. The van der Waals surface area contributed by atoms with Crippen molar-refractivity contribution in [1.29, 1.82) is 0 Å². The van der Waals surface area contributed by atoms with Gasteiger partial charge in [-0.25, -0.2) is 14.8 Å². The minimum atomic E-state index is -1.02. The van der Waals surface area contributed by atoms with E-state index in [-0.39, 0.29) is 5.69 Å². The number of hydrogen-bond donors (Lipinski definition) is 2. The van der Waals surface area contributed by atoms with Gasteiger partial charge in [0.15, 0.2) is 5.69 Å². The van der Waals surface area contributed by atoms with Crippen molar-refractivity contribution in [3.63, 3.8) is 0 Å². The van der Waals surface area contributed by atoms with Crippen LogP contribution in [0.25, 0.3) is 0 Å². The highest BCUT2D eigenvalue weighted by Crippen LogP contribution is 2.07. The highest BCUT2D eigenvalue weighted by Gasteiger charge is 2.06. The van der Waals surface area contributed by atoms with Crippen LogP contribution in [0.1, 0.15) is 17.4 Å². The number of carboxylic acid groups (broad SMARTS) is 1. The Morgan fingerprint density at radius 2 is 2.37 bits per heavy atom. The molecule has 0 spiro atoms. The summed E-state index contributed by atoms with van der Waals surface area (Å²) in [6.07, 6.45) is 5.44. The first-order valence-electron chi connectivity index (χ1n) is 6.05. The van der Waals surface area contributed by atoms with Gasteiger partial charge in [0.25, 0.3) is 0 Å². The molecule has 2 aromatic rings. The first kappa shape index (κ1) is 13.1. The van der Waals surface area contributed by atoms with Gasteiger partial charge in [-0.2, -0.15) is 0 Å². The molecule has 2 rings (SSSR count). The molecule has 0 aromatic carbocycles. The zero-order chi connectivity index (χ0) is 13.7. The lowest BCUT2D eigenvalue weighted by Crippen LogP contribution is -2.17. The van der Waals surface area contributed by atoms with Gasteiger partial charge in [0.05, 0.1) is 6.33 Å². The Hall–Kier alpha value is -2.37. The van der Waals surface area contributed by atoms with E-state index in [1.807, 2.05) is 10.8 Å². The Bertz CT molecular complexity index is 539. The largest absolute Gasteiger partial charge is 0.477 e. The van der Waals surface area contributed by atoms with Crippen molar-refractivity contribution in [2.24, 2.45) is 5.92 Å². The normalized spacial score (nSPS) is 12.1. The van der Waals surface area contributed by atoms with Crippen molar-refractivity contribution in [1.82, 2.24) is 14.5 Å². The van der Waals surface area contributed by atoms with Gasteiger partial charge in [-0.15, -0.1) is 0 Å². The summed E-state index contributed by atoms with van der Waals surface area (Å²) in [6, 6.07) is 4.91. The first-order valence-corrected chi connectivity index (χ1v) is 6.05. The van der Waals surface area contributed by atoms with Crippen LogP contribution in [0.3, 0.4) is 0 Å². The summed E-state index contributed by atoms with van der Waals surface area (Å²) in [5.41, 5.74) is 0.0484. The summed E-state index contributed by atoms with van der Waals surface area (Å²) in [5.74, 6) is -0.0584. The molecule has 6 heteroatoms. The molecule has 2 aromatic heterocycles.